The lowest BCUT2D eigenvalue weighted by molar-refractivity contribution is 0.446. The highest BCUT2D eigenvalue weighted by Gasteiger charge is 2.23. The fraction of sp³-hybridized carbons (Fsp3) is 0.667. The summed E-state index contributed by atoms with van der Waals surface area (Å²) < 4.78 is 0. The normalized spacial score (nSPS) is 27.2. The van der Waals surface area contributed by atoms with Crippen molar-refractivity contribution in [1.82, 2.24) is 0 Å². The summed E-state index contributed by atoms with van der Waals surface area (Å²) in [6, 6.07) is 0. The van der Waals surface area contributed by atoms with Gasteiger partial charge in [-0.25, -0.2) is 0 Å². The van der Waals surface area contributed by atoms with Crippen molar-refractivity contribution in [3.63, 3.8) is 0 Å². The van der Waals surface area contributed by atoms with Crippen molar-refractivity contribution in [2.45, 2.75) is 46.0 Å². The standard InChI is InChI=1S/C12H18/c1-12(2)8-7-10-5-3-4-6-11(10)9-12/h7-8H,3-6,9H2,1-2H3. The highest BCUT2D eigenvalue weighted by molar-refractivity contribution is 5.33. The summed E-state index contributed by atoms with van der Waals surface area (Å²) in [4.78, 5) is 0. The molecular formula is C12H18. The van der Waals surface area contributed by atoms with Crippen LogP contribution in [0.15, 0.2) is 23.3 Å². The number of hydrogen-bond donors (Lipinski definition) is 0. The zero-order valence-corrected chi connectivity index (χ0v) is 8.19. The second-order valence-corrected chi connectivity index (χ2v) is 4.83. The van der Waals surface area contributed by atoms with E-state index < -0.39 is 0 Å². The molecule has 0 atom stereocenters. The summed E-state index contributed by atoms with van der Waals surface area (Å²) in [6.07, 6.45) is 11.6. The summed E-state index contributed by atoms with van der Waals surface area (Å²) in [6.45, 7) is 4.67. The molecule has 0 N–H and O–H groups in total. The van der Waals surface area contributed by atoms with Gasteiger partial charge in [0.15, 0.2) is 0 Å². The molecule has 0 saturated carbocycles. The smallest absolute Gasteiger partial charge is 0.0134 e. The summed E-state index contributed by atoms with van der Waals surface area (Å²) >= 11 is 0. The van der Waals surface area contributed by atoms with Gasteiger partial charge in [-0.15, -0.1) is 0 Å². The maximum absolute atomic E-state index is 2.39. The van der Waals surface area contributed by atoms with Gasteiger partial charge < -0.3 is 0 Å². The molecule has 0 nitrogen and oxygen atoms in total. The molecule has 0 aromatic carbocycles. The van der Waals surface area contributed by atoms with Gasteiger partial charge in [-0.2, -0.15) is 0 Å². The zero-order valence-electron chi connectivity index (χ0n) is 8.19. The Morgan fingerprint density at radius 1 is 1.17 bits per heavy atom. The highest BCUT2D eigenvalue weighted by Crippen LogP contribution is 2.39. The van der Waals surface area contributed by atoms with E-state index in [0.29, 0.717) is 5.41 Å². The van der Waals surface area contributed by atoms with Crippen LogP contribution in [-0.2, 0) is 0 Å². The van der Waals surface area contributed by atoms with E-state index in [1.54, 1.807) is 11.1 Å². The highest BCUT2D eigenvalue weighted by atomic mass is 14.3. The topological polar surface area (TPSA) is 0 Å². The minimum atomic E-state index is 0.427. The van der Waals surface area contributed by atoms with Crippen molar-refractivity contribution in [2.24, 2.45) is 5.41 Å². The number of hydrogen-bond acceptors (Lipinski definition) is 0. The molecule has 66 valence electrons. The molecule has 0 unspecified atom stereocenters. The van der Waals surface area contributed by atoms with Crippen molar-refractivity contribution < 1.29 is 0 Å². The predicted octanol–water partition coefficient (Wildman–Crippen LogP) is 3.84. The van der Waals surface area contributed by atoms with E-state index in [4.69, 9.17) is 0 Å². The van der Waals surface area contributed by atoms with Crippen LogP contribution in [0.1, 0.15) is 46.0 Å². The molecule has 0 aromatic heterocycles. The second kappa shape index (κ2) is 2.76. The Kier molecular flexibility index (Phi) is 1.86. The van der Waals surface area contributed by atoms with Crippen LogP contribution in [0.25, 0.3) is 0 Å². The van der Waals surface area contributed by atoms with Crippen molar-refractivity contribution in [1.29, 1.82) is 0 Å². The Labute approximate surface area is 75.4 Å². The number of rotatable bonds is 0. The molecular weight excluding hydrogens is 144 g/mol. The van der Waals surface area contributed by atoms with E-state index in [-0.39, 0.29) is 0 Å². The third-order valence-electron chi connectivity index (χ3n) is 3.03. The van der Waals surface area contributed by atoms with Crippen LogP contribution in [0.4, 0.5) is 0 Å². The Balaban J connectivity index is 2.23. The molecule has 0 radical (unpaired) electrons. The SMILES string of the molecule is CC1(C)C=CC2=C(CCCC2)C1. The Bertz CT molecular complexity index is 241. The zero-order chi connectivity index (χ0) is 8.60. The largest absolute Gasteiger partial charge is 0.0783 e. The molecule has 2 aliphatic carbocycles. The van der Waals surface area contributed by atoms with Crippen molar-refractivity contribution in [3.8, 4) is 0 Å². The minimum Gasteiger partial charge on any atom is -0.0783 e. The first-order valence-electron chi connectivity index (χ1n) is 5.07. The molecule has 0 aliphatic heterocycles. The van der Waals surface area contributed by atoms with Crippen molar-refractivity contribution in [3.05, 3.63) is 23.3 Å². The third-order valence-corrected chi connectivity index (χ3v) is 3.03. The summed E-state index contributed by atoms with van der Waals surface area (Å²) in [7, 11) is 0. The van der Waals surface area contributed by atoms with E-state index in [9.17, 15) is 0 Å². The summed E-state index contributed by atoms with van der Waals surface area (Å²) in [5.41, 5.74) is 3.82. The van der Waals surface area contributed by atoms with Crippen LogP contribution in [0.3, 0.4) is 0 Å². The average molecular weight is 162 g/mol. The van der Waals surface area contributed by atoms with Gasteiger partial charge in [0.05, 0.1) is 0 Å². The number of allylic oxidation sites excluding steroid dienone is 4. The van der Waals surface area contributed by atoms with Gasteiger partial charge in [-0.1, -0.05) is 31.6 Å². The predicted molar refractivity (Wildman–Crippen MR) is 53.0 cm³/mol. The van der Waals surface area contributed by atoms with Crippen LogP contribution in [0, 0.1) is 5.41 Å². The Morgan fingerprint density at radius 3 is 2.75 bits per heavy atom. The van der Waals surface area contributed by atoms with Gasteiger partial charge in [-0.3, -0.25) is 0 Å². The van der Waals surface area contributed by atoms with Crippen LogP contribution in [-0.4, -0.2) is 0 Å². The van der Waals surface area contributed by atoms with E-state index in [1.165, 1.54) is 32.1 Å². The lowest BCUT2D eigenvalue weighted by atomic mass is 9.75. The quantitative estimate of drug-likeness (QED) is 0.507. The lowest BCUT2D eigenvalue weighted by Crippen LogP contribution is -2.15. The van der Waals surface area contributed by atoms with Crippen LogP contribution in [0.2, 0.25) is 0 Å². The summed E-state index contributed by atoms with van der Waals surface area (Å²) in [5, 5.41) is 0. The van der Waals surface area contributed by atoms with E-state index in [2.05, 4.69) is 26.0 Å². The van der Waals surface area contributed by atoms with E-state index in [0.717, 1.165) is 0 Å². The van der Waals surface area contributed by atoms with Gasteiger partial charge in [0.1, 0.15) is 0 Å². The first-order chi connectivity index (χ1) is 5.67. The maximum atomic E-state index is 2.39. The minimum absolute atomic E-state index is 0.427. The van der Waals surface area contributed by atoms with E-state index >= 15 is 0 Å². The van der Waals surface area contributed by atoms with Crippen LogP contribution < -0.4 is 0 Å². The summed E-state index contributed by atoms with van der Waals surface area (Å²) in [5.74, 6) is 0. The van der Waals surface area contributed by atoms with Crippen molar-refractivity contribution >= 4 is 0 Å². The van der Waals surface area contributed by atoms with Gasteiger partial charge in [-0.05, 0) is 43.1 Å². The first-order valence-corrected chi connectivity index (χ1v) is 5.07. The molecule has 0 fully saturated rings. The first kappa shape index (κ1) is 8.10. The molecule has 0 spiro atoms. The second-order valence-electron chi connectivity index (χ2n) is 4.83. The molecule has 2 rings (SSSR count). The Morgan fingerprint density at radius 2 is 1.92 bits per heavy atom. The van der Waals surface area contributed by atoms with Crippen LogP contribution in [0.5, 0.6) is 0 Å². The van der Waals surface area contributed by atoms with E-state index in [1.807, 2.05) is 0 Å². The van der Waals surface area contributed by atoms with Gasteiger partial charge in [0, 0.05) is 0 Å². The molecule has 0 heteroatoms. The molecule has 2 aliphatic rings. The average Bonchev–Trinajstić information content (AvgIpc) is 2.02. The molecule has 0 saturated heterocycles. The third kappa shape index (κ3) is 1.48. The van der Waals surface area contributed by atoms with Crippen LogP contribution >= 0.6 is 0 Å². The maximum Gasteiger partial charge on any atom is -0.0134 e. The van der Waals surface area contributed by atoms with Gasteiger partial charge in [0.2, 0.25) is 0 Å². The van der Waals surface area contributed by atoms with Gasteiger partial charge in [0.25, 0.3) is 0 Å². The van der Waals surface area contributed by atoms with Crippen molar-refractivity contribution in [2.75, 3.05) is 0 Å². The fourth-order valence-electron chi connectivity index (χ4n) is 2.33. The molecule has 0 amide bonds. The molecule has 0 aromatic rings. The fourth-order valence-corrected chi connectivity index (χ4v) is 2.33. The monoisotopic (exact) mass is 162 g/mol. The molecule has 0 heterocycles. The molecule has 12 heavy (non-hydrogen) atoms. The molecule has 0 bridgehead atoms. The Hall–Kier alpha value is -0.520. The van der Waals surface area contributed by atoms with Gasteiger partial charge >= 0.3 is 0 Å². The lowest BCUT2D eigenvalue weighted by Gasteiger charge is -2.30.